The van der Waals surface area contributed by atoms with Crippen LogP contribution < -0.4 is 21.7 Å². The molecule has 12 N–H and O–H groups in total. The second-order valence-corrected chi connectivity index (χ2v) is 6.33. The van der Waals surface area contributed by atoms with E-state index in [-0.39, 0.29) is 17.1 Å². The Morgan fingerprint density at radius 3 is 1.06 bits per heavy atom. The van der Waals surface area contributed by atoms with Gasteiger partial charge in [-0.25, -0.2) is 0 Å². The second kappa shape index (κ2) is 19.2. The first-order valence-electron chi connectivity index (χ1n) is 9.20. The monoisotopic (exact) mass is 567 g/mol. The molecule has 0 aromatic rings. The van der Waals surface area contributed by atoms with Gasteiger partial charge in [0, 0.05) is 0 Å². The summed E-state index contributed by atoms with van der Waals surface area (Å²) in [5, 5.41) is 93.2. The molecule has 0 aromatic carbocycles. The van der Waals surface area contributed by atoms with Gasteiger partial charge in [0.05, 0.1) is 38.2 Å². The minimum absolute atomic E-state index is 0. The first kappa shape index (κ1) is 37.5. The smallest absolute Gasteiger partial charge is 0.546 e. The zero-order valence-electron chi connectivity index (χ0n) is 17.7. The number of hydrogen-bond acceptors (Lipinski definition) is 18. The number of aliphatic carboxylic acids is 2. The van der Waals surface area contributed by atoms with Crippen LogP contribution in [0.15, 0.2) is 0 Å². The molecule has 0 fully saturated rings. The van der Waals surface area contributed by atoms with E-state index in [9.17, 15) is 49.8 Å². The predicted octanol–water partition coefficient (Wildman–Crippen LogP) is -10.6. The van der Waals surface area contributed by atoms with Crippen molar-refractivity contribution in [2.24, 2.45) is 11.5 Å². The molecule has 0 unspecified atom stereocenters. The van der Waals surface area contributed by atoms with Gasteiger partial charge in [0.1, 0.15) is 36.6 Å². The van der Waals surface area contributed by atoms with Crippen molar-refractivity contribution < 1.29 is 96.8 Å². The second-order valence-electron chi connectivity index (χ2n) is 6.33. The van der Waals surface area contributed by atoms with Crippen molar-refractivity contribution in [2.45, 2.75) is 48.8 Å². The fourth-order valence-corrected chi connectivity index (χ4v) is 1.92. The van der Waals surface area contributed by atoms with E-state index < -0.39 is 99.0 Å². The van der Waals surface area contributed by atoms with Gasteiger partial charge in [0.25, 0.3) is 0 Å². The number of hydrogen-bond donors (Lipinski definition) is 10. The van der Waals surface area contributed by atoms with Crippen LogP contribution in [0.1, 0.15) is 0 Å². The van der Waals surface area contributed by atoms with Crippen molar-refractivity contribution in [3.8, 4) is 0 Å². The fourth-order valence-electron chi connectivity index (χ4n) is 1.92. The maximum Gasteiger partial charge on any atom is 2.00 e. The third-order valence-electron chi connectivity index (χ3n) is 3.80. The molecule has 0 spiro atoms. The van der Waals surface area contributed by atoms with Crippen LogP contribution in [-0.2, 0) is 45.7 Å². The zero-order valence-corrected chi connectivity index (χ0v) is 18.7. The van der Waals surface area contributed by atoms with Crippen LogP contribution in [0, 0.1) is 0 Å². The molecule has 0 saturated heterocycles. The summed E-state index contributed by atoms with van der Waals surface area (Å²) in [5.74, 6) is -6.21. The number of carboxylic acid groups (broad SMARTS) is 2. The average Bonchev–Trinajstić information content (AvgIpc) is 2.82. The van der Waals surface area contributed by atoms with Gasteiger partial charge in [0.2, 0.25) is 0 Å². The Bertz CT molecular complexity index is 601. The minimum atomic E-state index is -2.19. The van der Waals surface area contributed by atoms with Crippen molar-refractivity contribution >= 4 is 23.9 Å². The Kier molecular flexibility index (Phi) is 20.6. The molecular formula is C16H28CuN2O16. The van der Waals surface area contributed by atoms with Crippen molar-refractivity contribution in [3.05, 3.63) is 0 Å². The van der Waals surface area contributed by atoms with Gasteiger partial charge in [0.15, 0.2) is 12.2 Å². The van der Waals surface area contributed by atoms with Gasteiger partial charge in [-0.1, -0.05) is 0 Å². The van der Waals surface area contributed by atoms with Crippen molar-refractivity contribution in [3.63, 3.8) is 0 Å². The molecule has 0 bridgehead atoms. The number of nitrogens with two attached hydrogens (primary N) is 2. The van der Waals surface area contributed by atoms with Crippen LogP contribution in [0.3, 0.4) is 0 Å². The van der Waals surface area contributed by atoms with Crippen LogP contribution in [-0.4, -0.2) is 140 Å². The van der Waals surface area contributed by atoms with Crippen LogP contribution in [0.2, 0.25) is 0 Å². The Labute approximate surface area is 207 Å². The maximum absolute atomic E-state index is 10.8. The summed E-state index contributed by atoms with van der Waals surface area (Å²) in [4.78, 5) is 42.6. The molecule has 0 aliphatic heterocycles. The summed E-state index contributed by atoms with van der Waals surface area (Å²) in [6.45, 7) is -3.09. The number of carbonyl (C=O) groups excluding carboxylic acids is 4. The summed E-state index contributed by atoms with van der Waals surface area (Å²) in [6.07, 6.45) is -16.3. The topological polar surface area (TPSA) is 347 Å². The normalized spacial score (nSPS) is 17.4. The third kappa shape index (κ3) is 13.6. The Morgan fingerprint density at radius 2 is 0.886 bits per heavy atom. The number of esters is 2. The molecule has 0 heterocycles. The van der Waals surface area contributed by atoms with Gasteiger partial charge in [-0.05, 0) is 0 Å². The average molecular weight is 568 g/mol. The Balaban J connectivity index is -0.000000569. The van der Waals surface area contributed by atoms with Crippen LogP contribution >= 0.6 is 0 Å². The largest absolute Gasteiger partial charge is 2.00 e. The standard InChI is InChI=1S/2C8H15NO8.Cu/c2*9-1-4(12)17-7(8(15)16)6(14)5(13)3(11)2-10;/h2*3,5-7,10-11,13-14H,1-2,9H2,(H,15,16);/q;;+2/p-2/t2*3-,5-,6+,7-;/m11./s1. The number of rotatable bonds is 14. The molecule has 0 saturated carbocycles. The number of aliphatic hydroxyl groups is 8. The molecular weight excluding hydrogens is 540 g/mol. The van der Waals surface area contributed by atoms with E-state index in [1.54, 1.807) is 0 Å². The first-order chi connectivity index (χ1) is 15.7. The van der Waals surface area contributed by atoms with E-state index in [1.807, 2.05) is 0 Å². The van der Waals surface area contributed by atoms with E-state index in [4.69, 9.17) is 31.9 Å². The Hall–Kier alpha value is -2.00. The van der Waals surface area contributed by atoms with Gasteiger partial charge in [-0.2, -0.15) is 0 Å². The van der Waals surface area contributed by atoms with E-state index in [0.29, 0.717) is 0 Å². The molecule has 0 rings (SSSR count). The van der Waals surface area contributed by atoms with Crippen LogP contribution in [0.25, 0.3) is 0 Å². The van der Waals surface area contributed by atoms with E-state index in [2.05, 4.69) is 9.47 Å². The summed E-state index contributed by atoms with van der Waals surface area (Å²) in [6, 6.07) is 0. The number of ether oxygens (including phenoxy) is 2. The summed E-state index contributed by atoms with van der Waals surface area (Å²) in [7, 11) is 0. The predicted molar refractivity (Wildman–Crippen MR) is 98.1 cm³/mol. The molecule has 0 amide bonds. The Morgan fingerprint density at radius 1 is 0.629 bits per heavy atom. The molecule has 0 aromatic heterocycles. The zero-order chi connectivity index (χ0) is 27.2. The number of carbonyl (C=O) groups is 4. The van der Waals surface area contributed by atoms with Gasteiger partial charge < -0.3 is 81.6 Å². The summed E-state index contributed by atoms with van der Waals surface area (Å²) < 4.78 is 8.42. The van der Waals surface area contributed by atoms with Gasteiger partial charge in [-0.15, -0.1) is 0 Å². The molecule has 19 heteroatoms. The van der Waals surface area contributed by atoms with Gasteiger partial charge in [-0.3, -0.25) is 9.59 Å². The maximum atomic E-state index is 10.8. The third-order valence-corrected chi connectivity index (χ3v) is 3.80. The van der Waals surface area contributed by atoms with Crippen molar-refractivity contribution in [1.82, 2.24) is 0 Å². The first-order valence-corrected chi connectivity index (χ1v) is 9.20. The molecule has 18 nitrogen and oxygen atoms in total. The van der Waals surface area contributed by atoms with Crippen LogP contribution in [0.4, 0.5) is 0 Å². The summed E-state index contributed by atoms with van der Waals surface area (Å²) in [5.41, 5.74) is 9.72. The van der Waals surface area contributed by atoms with Crippen molar-refractivity contribution in [2.75, 3.05) is 26.3 Å². The molecule has 35 heavy (non-hydrogen) atoms. The van der Waals surface area contributed by atoms with Crippen LogP contribution in [0.5, 0.6) is 0 Å². The molecule has 1 radical (unpaired) electrons. The fraction of sp³-hybridized carbons (Fsp3) is 0.750. The van der Waals surface area contributed by atoms with Gasteiger partial charge >= 0.3 is 29.0 Å². The molecule has 209 valence electrons. The minimum Gasteiger partial charge on any atom is -0.546 e. The van der Waals surface area contributed by atoms with Crippen molar-refractivity contribution in [1.29, 1.82) is 0 Å². The number of aliphatic hydroxyl groups excluding tert-OH is 8. The van der Waals surface area contributed by atoms with E-state index in [0.717, 1.165) is 0 Å². The SMILES string of the molecule is NCC(=O)O[C@@H](C(=O)[O-])[C@@H](O)[C@H](O)[C@H](O)CO.NCC(=O)O[C@@H](C(=O)[O-])[C@@H](O)[C@H](O)[C@H](O)CO.[Cu+2]. The molecule has 8 atom stereocenters. The number of carboxylic acids is 2. The van der Waals surface area contributed by atoms with E-state index >= 15 is 0 Å². The molecule has 0 aliphatic carbocycles. The molecule has 0 aliphatic rings. The summed E-state index contributed by atoms with van der Waals surface area (Å²) >= 11 is 0. The quantitative estimate of drug-likeness (QED) is 0.0687. The van der Waals surface area contributed by atoms with E-state index in [1.165, 1.54) is 0 Å².